The second kappa shape index (κ2) is 60.7. The standard InChI is InChI=1S/C71H138O17P2/c1-9-63(7)49-41-33-26-29-37-45-53-70(75)87-66(57-81-68(73)51-43-35-24-22-20-18-16-14-12-11-13-15-17-19-21-23-31-39-47-61(3)4)59-85-89(77,78)83-55-65(72)56-84-90(79,80)86-60-67(58-82-69(74)52-44-36-28-25-32-40-48-62(5)6)88-71(76)54-46-38-30-27-34-42-50-64(8)10-2/h61-67,72H,9-60H2,1-8H3,(H,77,78)(H,79,80)/t63?,64?,65-,66-,67-/m1/s1. The molecule has 0 saturated heterocycles. The highest BCUT2D eigenvalue weighted by atomic mass is 31.2. The van der Waals surface area contributed by atoms with E-state index in [0.29, 0.717) is 31.6 Å². The molecule has 17 nitrogen and oxygen atoms in total. The maximum Gasteiger partial charge on any atom is 0.472 e. The fraction of sp³-hybridized carbons (Fsp3) is 0.944. The third kappa shape index (κ3) is 62.2. The third-order valence-electron chi connectivity index (χ3n) is 17.0. The van der Waals surface area contributed by atoms with Gasteiger partial charge < -0.3 is 33.8 Å². The molecule has 0 saturated carbocycles. The monoisotopic (exact) mass is 1320 g/mol. The number of unbranched alkanes of at least 4 members (excludes halogenated alkanes) is 32. The third-order valence-corrected chi connectivity index (χ3v) is 18.9. The van der Waals surface area contributed by atoms with Crippen LogP contribution in [0.25, 0.3) is 0 Å². The number of ether oxygens (including phenoxy) is 4. The molecule has 0 aromatic rings. The van der Waals surface area contributed by atoms with Crippen molar-refractivity contribution in [2.75, 3.05) is 39.6 Å². The van der Waals surface area contributed by atoms with Crippen molar-refractivity contribution in [3.05, 3.63) is 0 Å². The molecule has 0 spiro atoms. The summed E-state index contributed by atoms with van der Waals surface area (Å²) in [6.07, 6.45) is 43.5. The van der Waals surface area contributed by atoms with Gasteiger partial charge in [-0.15, -0.1) is 0 Å². The number of aliphatic hydroxyl groups is 1. The quantitative estimate of drug-likeness (QED) is 0.0222. The minimum Gasteiger partial charge on any atom is -0.462 e. The van der Waals surface area contributed by atoms with Crippen molar-refractivity contribution in [1.82, 2.24) is 0 Å². The van der Waals surface area contributed by atoms with Gasteiger partial charge in [-0.05, 0) is 49.4 Å². The largest absolute Gasteiger partial charge is 0.472 e. The molecule has 4 unspecified atom stereocenters. The number of hydrogen-bond donors (Lipinski definition) is 3. The lowest BCUT2D eigenvalue weighted by atomic mass is 10.00. The number of rotatable bonds is 68. The van der Waals surface area contributed by atoms with Gasteiger partial charge in [0.1, 0.15) is 19.3 Å². The van der Waals surface area contributed by atoms with E-state index in [1.54, 1.807) is 0 Å². The van der Waals surface area contributed by atoms with Gasteiger partial charge in [0.15, 0.2) is 12.2 Å². The normalized spacial score (nSPS) is 14.9. The summed E-state index contributed by atoms with van der Waals surface area (Å²) < 4.78 is 68.2. The van der Waals surface area contributed by atoms with E-state index in [1.165, 1.54) is 148 Å². The Bertz CT molecular complexity index is 1790. The lowest BCUT2D eigenvalue weighted by Gasteiger charge is -2.21. The smallest absolute Gasteiger partial charge is 0.462 e. The summed E-state index contributed by atoms with van der Waals surface area (Å²) in [6.45, 7) is 14.0. The zero-order chi connectivity index (χ0) is 66.8. The molecule has 0 aliphatic heterocycles. The van der Waals surface area contributed by atoms with Gasteiger partial charge in [0.2, 0.25) is 0 Å². The van der Waals surface area contributed by atoms with Gasteiger partial charge in [-0.3, -0.25) is 37.3 Å². The van der Waals surface area contributed by atoms with Crippen LogP contribution in [0.4, 0.5) is 0 Å². The molecule has 0 amide bonds. The maximum absolute atomic E-state index is 13.0. The average Bonchev–Trinajstić information content (AvgIpc) is 2.94. The number of hydrogen-bond acceptors (Lipinski definition) is 15. The van der Waals surface area contributed by atoms with E-state index >= 15 is 0 Å². The van der Waals surface area contributed by atoms with E-state index in [0.717, 1.165) is 114 Å². The van der Waals surface area contributed by atoms with Crippen LogP contribution in [0.5, 0.6) is 0 Å². The van der Waals surface area contributed by atoms with Gasteiger partial charge in [0.05, 0.1) is 26.4 Å². The van der Waals surface area contributed by atoms with Crippen LogP contribution in [-0.4, -0.2) is 96.7 Å². The van der Waals surface area contributed by atoms with Crippen molar-refractivity contribution < 1.29 is 80.2 Å². The van der Waals surface area contributed by atoms with Crippen LogP contribution in [0.3, 0.4) is 0 Å². The minimum atomic E-state index is -4.95. The summed E-state index contributed by atoms with van der Waals surface area (Å²) in [5.41, 5.74) is 0. The predicted octanol–water partition coefficient (Wildman–Crippen LogP) is 20.1. The molecule has 0 fully saturated rings. The maximum atomic E-state index is 13.0. The molecule has 90 heavy (non-hydrogen) atoms. The summed E-state index contributed by atoms with van der Waals surface area (Å²) in [7, 11) is -9.90. The number of aliphatic hydroxyl groups excluding tert-OH is 1. The minimum absolute atomic E-state index is 0.101. The molecule has 0 heterocycles. The zero-order valence-corrected chi connectivity index (χ0v) is 60.6. The van der Waals surface area contributed by atoms with E-state index in [-0.39, 0.29) is 25.7 Å². The molecule has 7 atom stereocenters. The van der Waals surface area contributed by atoms with Crippen LogP contribution >= 0.6 is 15.6 Å². The zero-order valence-electron chi connectivity index (χ0n) is 58.8. The Morgan fingerprint density at radius 2 is 0.533 bits per heavy atom. The van der Waals surface area contributed by atoms with Gasteiger partial charge in [-0.1, -0.05) is 299 Å². The predicted molar refractivity (Wildman–Crippen MR) is 363 cm³/mol. The molecule has 0 aromatic heterocycles. The van der Waals surface area contributed by atoms with Crippen molar-refractivity contribution in [2.45, 2.75) is 369 Å². The SMILES string of the molecule is CCC(C)CCCCCCCCC(=O)O[C@H](COC(=O)CCCCCCCCCCCCCCCCCCCCC(C)C)COP(=O)(O)OC[C@@H](O)COP(=O)(O)OC[C@@H](COC(=O)CCCCCCCCC(C)C)OC(=O)CCCCCCCCC(C)CC. The topological polar surface area (TPSA) is 237 Å². The molecular formula is C71H138O17P2. The lowest BCUT2D eigenvalue weighted by Crippen LogP contribution is -2.30. The van der Waals surface area contributed by atoms with Crippen molar-refractivity contribution in [2.24, 2.45) is 23.7 Å². The van der Waals surface area contributed by atoms with Crippen LogP contribution in [0.1, 0.15) is 351 Å². The summed E-state index contributed by atoms with van der Waals surface area (Å²) in [4.78, 5) is 72.4. The van der Waals surface area contributed by atoms with Crippen LogP contribution in [0.15, 0.2) is 0 Å². The van der Waals surface area contributed by atoms with Crippen LogP contribution in [0, 0.1) is 23.7 Å². The van der Waals surface area contributed by atoms with Gasteiger partial charge in [0, 0.05) is 25.7 Å². The van der Waals surface area contributed by atoms with Crippen LogP contribution < -0.4 is 0 Å². The highest BCUT2D eigenvalue weighted by molar-refractivity contribution is 7.47. The first-order valence-electron chi connectivity index (χ1n) is 36.8. The van der Waals surface area contributed by atoms with E-state index in [9.17, 15) is 43.2 Å². The first kappa shape index (κ1) is 88.1. The number of carbonyl (C=O) groups is 4. The number of carbonyl (C=O) groups excluding carboxylic acids is 4. The number of phosphoric acid groups is 2. The van der Waals surface area contributed by atoms with Crippen LogP contribution in [-0.2, 0) is 65.4 Å². The van der Waals surface area contributed by atoms with Crippen molar-refractivity contribution in [3.8, 4) is 0 Å². The molecule has 0 rings (SSSR count). The molecule has 3 N–H and O–H groups in total. The van der Waals surface area contributed by atoms with Gasteiger partial charge in [-0.25, -0.2) is 9.13 Å². The summed E-state index contributed by atoms with van der Waals surface area (Å²) in [5.74, 6) is 0.806. The molecule has 0 radical (unpaired) electrons. The first-order valence-corrected chi connectivity index (χ1v) is 39.8. The van der Waals surface area contributed by atoms with Gasteiger partial charge in [0.25, 0.3) is 0 Å². The summed E-state index contributed by atoms with van der Waals surface area (Å²) in [6, 6.07) is 0. The Kier molecular flexibility index (Phi) is 59.4. The first-order chi connectivity index (χ1) is 43.2. The summed E-state index contributed by atoms with van der Waals surface area (Å²) >= 11 is 0. The van der Waals surface area contributed by atoms with E-state index in [2.05, 4.69) is 55.4 Å². The average molecular weight is 1330 g/mol. The van der Waals surface area contributed by atoms with Crippen LogP contribution in [0.2, 0.25) is 0 Å². The molecule has 0 aromatic carbocycles. The molecule has 534 valence electrons. The molecule has 0 aliphatic rings. The fourth-order valence-corrected chi connectivity index (χ4v) is 12.2. The highest BCUT2D eigenvalue weighted by Gasteiger charge is 2.30. The molecular weight excluding hydrogens is 1190 g/mol. The molecule has 19 heteroatoms. The van der Waals surface area contributed by atoms with E-state index < -0.39 is 97.5 Å². The van der Waals surface area contributed by atoms with E-state index in [4.69, 9.17) is 37.0 Å². The molecule has 0 aliphatic carbocycles. The van der Waals surface area contributed by atoms with Gasteiger partial charge >= 0.3 is 39.5 Å². The number of esters is 4. The fourth-order valence-electron chi connectivity index (χ4n) is 10.6. The Morgan fingerprint density at radius 3 is 0.789 bits per heavy atom. The second-order valence-corrected chi connectivity index (χ2v) is 30.0. The molecule has 0 bridgehead atoms. The lowest BCUT2D eigenvalue weighted by molar-refractivity contribution is -0.161. The Morgan fingerprint density at radius 1 is 0.311 bits per heavy atom. The highest BCUT2D eigenvalue weighted by Crippen LogP contribution is 2.45. The number of phosphoric ester groups is 2. The van der Waals surface area contributed by atoms with Crippen molar-refractivity contribution in [3.63, 3.8) is 0 Å². The second-order valence-electron chi connectivity index (χ2n) is 27.1. The Labute approximate surface area is 549 Å². The Hall–Kier alpha value is -1.94. The van der Waals surface area contributed by atoms with Gasteiger partial charge in [-0.2, -0.15) is 0 Å². The van der Waals surface area contributed by atoms with E-state index in [1.807, 2.05) is 0 Å². The Balaban J connectivity index is 5.12. The summed E-state index contributed by atoms with van der Waals surface area (Å²) in [5, 5.41) is 10.6. The van der Waals surface area contributed by atoms with Crippen molar-refractivity contribution in [1.29, 1.82) is 0 Å². The van der Waals surface area contributed by atoms with Crippen molar-refractivity contribution >= 4 is 39.5 Å².